The summed E-state index contributed by atoms with van der Waals surface area (Å²) in [5.41, 5.74) is 27.9. The fraction of sp³-hybridized carbons (Fsp3) is 0.218. The molecule has 0 saturated heterocycles. The van der Waals surface area contributed by atoms with Crippen molar-refractivity contribution in [2.24, 2.45) is 5.41 Å². The Morgan fingerprint density at radius 1 is 0.513 bits per heavy atom. The first-order chi connectivity index (χ1) is 53.7. The maximum absolute atomic E-state index is 10.0. The number of aliphatic hydroxyl groups is 1. The Kier molecular flexibility index (Phi) is 26.1. The summed E-state index contributed by atoms with van der Waals surface area (Å²) in [6.45, 7) is 27.1. The van der Waals surface area contributed by atoms with E-state index in [4.69, 9.17) is 14.5 Å². The minimum Gasteiger partial charge on any atom is -0.512 e. The Balaban J connectivity index is 0.000000136. The Hall–Kier alpha value is -9.67. The summed E-state index contributed by atoms with van der Waals surface area (Å²) in [5.74, 6) is 0.984. The zero-order chi connectivity index (χ0) is 77.1. The minimum absolute atomic E-state index is 0. The number of rotatable bonds is 8. The minimum atomic E-state index is -0.125. The van der Waals surface area contributed by atoms with Crippen molar-refractivity contribution in [3.8, 4) is 22.3 Å². The van der Waals surface area contributed by atoms with Crippen LogP contribution in [-0.4, -0.2) is 44.0 Å². The number of fused-ring (bicyclic) bond motifs is 26. The maximum Gasteiger partial charge on any atom is 0.171 e. The number of pyridine rings is 3. The molecule has 12 aromatic carbocycles. The van der Waals surface area contributed by atoms with Crippen molar-refractivity contribution in [2.75, 3.05) is 0 Å². The van der Waals surface area contributed by atoms with Crippen LogP contribution < -0.4 is 0 Å². The number of aryl methyl sites for hydroxylation is 6. The van der Waals surface area contributed by atoms with Crippen molar-refractivity contribution in [1.29, 1.82) is 0 Å². The summed E-state index contributed by atoms with van der Waals surface area (Å²) in [5, 5.41) is 23.8. The van der Waals surface area contributed by atoms with Gasteiger partial charge in [-0.2, -0.15) is 0 Å². The molecule has 0 spiro atoms. The molecule has 19 aromatic rings. The SMILES string of the molecule is CC(=O)C=C(C)O.CC(C)c1ccc(-c2ccc3c(c2)c2ccc[c-]c2c2nccn32)cc1.CCC1(Cc2ccc3c(c2)c2ccc[c-]c2c2nccn32)CCCC1.Cc1cc(C)c(-c2cc[c-]c3c4ncoc4c4c(C)cc(C)cc4c23)c(C)c1.Cc1cc[c-]c2c1c1ccccc1n1c3cc(C(C)C)ccc3nc21.[Ir].[Ir].[Ir].[Ir]. The van der Waals surface area contributed by atoms with Crippen LogP contribution in [0, 0.1) is 71.2 Å². The van der Waals surface area contributed by atoms with Crippen LogP contribution in [0.3, 0.4) is 0 Å². The molecule has 14 heteroatoms. The number of ketones is 1. The van der Waals surface area contributed by atoms with Gasteiger partial charge < -0.3 is 22.7 Å². The van der Waals surface area contributed by atoms with E-state index in [1.54, 1.807) is 6.39 Å². The molecule has 0 amide bonds. The summed E-state index contributed by atoms with van der Waals surface area (Å²) in [6.07, 6.45) is 18.6. The fourth-order valence-corrected chi connectivity index (χ4v) is 17.6. The van der Waals surface area contributed by atoms with Crippen LogP contribution in [0.5, 0.6) is 0 Å². The van der Waals surface area contributed by atoms with E-state index in [9.17, 15) is 4.79 Å². The van der Waals surface area contributed by atoms with E-state index in [-0.39, 0.29) is 92.0 Å². The van der Waals surface area contributed by atoms with Gasteiger partial charge in [0.05, 0.1) is 33.7 Å². The Morgan fingerprint density at radius 3 is 1.71 bits per heavy atom. The first-order valence-corrected chi connectivity index (χ1v) is 38.9. The third kappa shape index (κ3) is 16.2. The van der Waals surface area contributed by atoms with Crippen LogP contribution in [0.15, 0.2) is 235 Å². The van der Waals surface area contributed by atoms with E-state index in [1.807, 2.05) is 48.9 Å². The van der Waals surface area contributed by atoms with Crippen LogP contribution >= 0.6 is 0 Å². The van der Waals surface area contributed by atoms with Gasteiger partial charge in [-0.1, -0.05) is 201 Å². The third-order valence-electron chi connectivity index (χ3n) is 22.8. The number of carbonyl (C=O) groups is 1. The molecular formula is C101H91Ir4N7O3-4. The smallest absolute Gasteiger partial charge is 0.171 e. The van der Waals surface area contributed by atoms with Gasteiger partial charge in [-0.3, -0.25) is 24.7 Å². The van der Waals surface area contributed by atoms with Crippen LogP contribution in [0.4, 0.5) is 0 Å². The molecule has 4 radical (unpaired) electrons. The van der Waals surface area contributed by atoms with Gasteiger partial charge in [-0.25, -0.2) is 0 Å². The molecule has 10 nitrogen and oxygen atoms in total. The number of carbonyl (C=O) groups excluding carboxylic acids is 1. The van der Waals surface area contributed by atoms with Gasteiger partial charge in [0.25, 0.3) is 0 Å². The first-order valence-electron chi connectivity index (χ1n) is 38.9. The van der Waals surface area contributed by atoms with Crippen LogP contribution in [0.25, 0.3) is 148 Å². The molecule has 7 aromatic heterocycles. The molecule has 1 aliphatic carbocycles. The second-order valence-corrected chi connectivity index (χ2v) is 31.2. The van der Waals surface area contributed by atoms with Gasteiger partial charge in [0, 0.05) is 139 Å². The number of benzene rings is 12. The fourth-order valence-electron chi connectivity index (χ4n) is 17.6. The van der Waals surface area contributed by atoms with E-state index in [0.29, 0.717) is 17.3 Å². The Morgan fingerprint density at radius 2 is 1.09 bits per heavy atom. The van der Waals surface area contributed by atoms with E-state index >= 15 is 0 Å². The van der Waals surface area contributed by atoms with Crippen LogP contribution in [0.1, 0.15) is 142 Å². The summed E-state index contributed by atoms with van der Waals surface area (Å²) >= 11 is 0. The standard InChI is InChI=1S/C26H22NO.C24H19N2.C23H19N2.C23H23N2.C5H8O2.4Ir/c1-14-9-16(3)22(17(4)10-14)19-7-6-8-20-24(19)21-12-15(2)11-18(5)23(21)26-25(20)27-13-28-26;1-16(2)17-7-9-18(10-8-17)19-11-12-23-22(15-19)20-5-3-4-6-21(20)24-25-13-14-26(23)24;1-14(2)16-11-12-19-21(13-16)25-20-10-5-4-8-17(20)22-15(3)7-6-9-18(22)23(25)24-19;1-2-23(11-5-6-12-23)16-17-9-10-21-20(15-17)18-7-3-4-8-19(18)22-24-13-14-25(21)22;1-4(6)3-5(2)7;;;;/h6-7,9-13H,1-5H3;3-5,7-16H,1-2H3;4-8,10-14H,1-3H3;3-4,7,9-10,13-15H,2,5-6,11-12,16H2,1H3;3,6H,1-2H3;;;;/q4*-1;;;;;. The normalized spacial score (nSPS) is 12.6. The van der Waals surface area contributed by atoms with Crippen LogP contribution in [-0.2, 0) is 91.6 Å². The molecule has 588 valence electrons. The molecule has 0 bridgehead atoms. The number of imidazole rings is 3. The summed E-state index contributed by atoms with van der Waals surface area (Å²) < 4.78 is 12.5. The molecular weight excluding hydrogens is 2130 g/mol. The van der Waals surface area contributed by atoms with Crippen molar-refractivity contribution in [3.05, 3.63) is 305 Å². The van der Waals surface area contributed by atoms with E-state index < -0.39 is 0 Å². The molecule has 0 aliphatic heterocycles. The Labute approximate surface area is 726 Å². The van der Waals surface area contributed by atoms with Crippen molar-refractivity contribution >= 4 is 131 Å². The van der Waals surface area contributed by atoms with Gasteiger partial charge in [0.2, 0.25) is 0 Å². The van der Waals surface area contributed by atoms with Crippen molar-refractivity contribution in [2.45, 2.75) is 140 Å². The molecule has 0 atom stereocenters. The topological polar surface area (TPSA) is 115 Å². The number of hydrogen-bond donors (Lipinski definition) is 1. The predicted molar refractivity (Wildman–Crippen MR) is 462 cm³/mol. The predicted octanol–water partition coefficient (Wildman–Crippen LogP) is 26.4. The average Bonchev–Trinajstić information content (AvgIpc) is 1.67. The van der Waals surface area contributed by atoms with E-state index in [2.05, 4.69) is 293 Å². The Bertz CT molecular complexity index is 6870. The molecule has 115 heavy (non-hydrogen) atoms. The summed E-state index contributed by atoms with van der Waals surface area (Å²) in [4.78, 5) is 28.6. The number of para-hydroxylation sites is 1. The van der Waals surface area contributed by atoms with Gasteiger partial charge in [-0.15, -0.1) is 107 Å². The maximum atomic E-state index is 10.0. The summed E-state index contributed by atoms with van der Waals surface area (Å²) in [7, 11) is 0. The molecule has 7 heterocycles. The quantitative estimate of drug-likeness (QED) is 0.0697. The second kappa shape index (κ2) is 35.4. The van der Waals surface area contributed by atoms with Gasteiger partial charge in [0.1, 0.15) is 5.58 Å². The zero-order valence-corrected chi connectivity index (χ0v) is 76.6. The van der Waals surface area contributed by atoms with Gasteiger partial charge in [-0.05, 0) is 187 Å². The number of aliphatic hydroxyl groups excluding tert-OH is 1. The molecule has 1 saturated carbocycles. The molecule has 1 fully saturated rings. The number of hydrogen-bond acceptors (Lipinski definition) is 7. The van der Waals surface area contributed by atoms with Crippen molar-refractivity contribution in [1.82, 2.24) is 33.1 Å². The number of allylic oxidation sites excluding steroid dienone is 2. The number of oxazole rings is 1. The molecule has 1 N–H and O–H groups in total. The average molecular weight is 2220 g/mol. The largest absolute Gasteiger partial charge is 0.512 e. The van der Waals surface area contributed by atoms with E-state index in [0.717, 1.165) is 60.5 Å². The molecule has 1 aliphatic rings. The first kappa shape index (κ1) is 84.7. The third-order valence-corrected chi connectivity index (χ3v) is 22.8. The molecule has 0 unspecified atom stereocenters. The summed E-state index contributed by atoms with van der Waals surface area (Å²) in [6, 6.07) is 81.3. The van der Waals surface area contributed by atoms with Gasteiger partial charge >= 0.3 is 0 Å². The van der Waals surface area contributed by atoms with Crippen molar-refractivity contribution < 1.29 is 94.7 Å². The molecule has 20 rings (SSSR count). The van der Waals surface area contributed by atoms with Crippen LogP contribution in [0.2, 0.25) is 0 Å². The number of nitrogens with zero attached hydrogens (tertiary/aromatic N) is 7. The monoisotopic (exact) mass is 2220 g/mol. The van der Waals surface area contributed by atoms with Crippen molar-refractivity contribution in [3.63, 3.8) is 0 Å². The zero-order valence-electron chi connectivity index (χ0n) is 67.0. The van der Waals surface area contributed by atoms with E-state index in [1.165, 1.54) is 196 Å². The number of aromatic nitrogens is 7. The van der Waals surface area contributed by atoms with Gasteiger partial charge in [0.15, 0.2) is 12.2 Å². The second-order valence-electron chi connectivity index (χ2n) is 31.2.